The van der Waals surface area contributed by atoms with Crippen molar-refractivity contribution in [3.05, 3.63) is 59.1 Å². The van der Waals surface area contributed by atoms with E-state index in [0.717, 1.165) is 11.3 Å². The van der Waals surface area contributed by atoms with Crippen LogP contribution in [0.3, 0.4) is 0 Å². The van der Waals surface area contributed by atoms with Crippen LogP contribution in [-0.4, -0.2) is 25.1 Å². The Morgan fingerprint density at radius 2 is 1.92 bits per heavy atom. The van der Waals surface area contributed by atoms with Crippen LogP contribution in [0.4, 0.5) is 5.69 Å². The van der Waals surface area contributed by atoms with Gasteiger partial charge in [0.05, 0.1) is 13.3 Å². The van der Waals surface area contributed by atoms with Gasteiger partial charge < -0.3 is 10.1 Å². The minimum Gasteiger partial charge on any atom is -0.497 e. The Bertz CT molecular complexity index is 745. The predicted molar refractivity (Wildman–Crippen MR) is 93.4 cm³/mol. The van der Waals surface area contributed by atoms with Crippen LogP contribution in [0.15, 0.2) is 53.6 Å². The van der Waals surface area contributed by atoms with E-state index in [1.165, 1.54) is 6.21 Å². The molecular weight excluding hydrogens is 330 g/mol. The van der Waals surface area contributed by atoms with Crippen LogP contribution in [0, 0.1) is 0 Å². The van der Waals surface area contributed by atoms with Gasteiger partial charge >= 0.3 is 0 Å². The van der Waals surface area contributed by atoms with Gasteiger partial charge in [0.2, 0.25) is 11.8 Å². The Balaban J connectivity index is 1.79. The second kappa shape index (κ2) is 8.69. The van der Waals surface area contributed by atoms with Gasteiger partial charge in [-0.25, -0.2) is 5.43 Å². The molecule has 0 unspecified atom stereocenters. The van der Waals surface area contributed by atoms with E-state index in [-0.39, 0.29) is 6.42 Å². The first kappa shape index (κ1) is 17.5. The van der Waals surface area contributed by atoms with Crippen LogP contribution in [0.5, 0.6) is 5.75 Å². The van der Waals surface area contributed by atoms with E-state index in [1.54, 1.807) is 55.6 Å². The third-order valence-corrected chi connectivity index (χ3v) is 3.18. The molecule has 0 aromatic heterocycles. The molecule has 0 radical (unpaired) electrons. The summed E-state index contributed by atoms with van der Waals surface area (Å²) in [5.41, 5.74) is 3.62. The van der Waals surface area contributed by atoms with E-state index < -0.39 is 11.8 Å². The molecule has 0 aliphatic heterocycles. The minimum atomic E-state index is -0.515. The van der Waals surface area contributed by atoms with E-state index >= 15 is 0 Å². The molecule has 6 nitrogen and oxygen atoms in total. The largest absolute Gasteiger partial charge is 0.497 e. The molecule has 0 saturated heterocycles. The van der Waals surface area contributed by atoms with Crippen LogP contribution in [-0.2, 0) is 9.59 Å². The van der Waals surface area contributed by atoms with Gasteiger partial charge in [-0.2, -0.15) is 5.10 Å². The summed E-state index contributed by atoms with van der Waals surface area (Å²) in [5.74, 6) is -0.234. The van der Waals surface area contributed by atoms with Crippen molar-refractivity contribution >= 4 is 35.3 Å². The number of benzene rings is 2. The second-order valence-corrected chi connectivity index (χ2v) is 5.24. The van der Waals surface area contributed by atoms with Crippen LogP contribution in [0.25, 0.3) is 0 Å². The van der Waals surface area contributed by atoms with E-state index in [9.17, 15) is 9.59 Å². The maximum Gasteiger partial charge on any atom is 0.249 e. The fraction of sp³-hybridized carbons (Fsp3) is 0.118. The molecule has 0 aliphatic rings. The molecule has 24 heavy (non-hydrogen) atoms. The van der Waals surface area contributed by atoms with Gasteiger partial charge in [-0.3, -0.25) is 9.59 Å². The number of hydrazone groups is 1. The maximum atomic E-state index is 11.8. The summed E-state index contributed by atoms with van der Waals surface area (Å²) in [6.45, 7) is 0. The average Bonchev–Trinajstić information content (AvgIpc) is 2.55. The highest BCUT2D eigenvalue weighted by atomic mass is 35.5. The molecule has 0 fully saturated rings. The van der Waals surface area contributed by atoms with Gasteiger partial charge in [-0.15, -0.1) is 0 Å². The smallest absolute Gasteiger partial charge is 0.249 e. The Labute approximate surface area is 144 Å². The number of nitrogens with zero attached hydrogens (tertiary/aromatic N) is 1. The first-order valence-electron chi connectivity index (χ1n) is 7.08. The van der Waals surface area contributed by atoms with Crippen molar-refractivity contribution in [2.24, 2.45) is 5.10 Å². The van der Waals surface area contributed by atoms with E-state index in [4.69, 9.17) is 16.3 Å². The quantitative estimate of drug-likeness (QED) is 0.480. The number of nitrogens with one attached hydrogen (secondary N) is 2. The lowest BCUT2D eigenvalue weighted by molar-refractivity contribution is -0.126. The number of halogens is 1. The van der Waals surface area contributed by atoms with E-state index in [0.29, 0.717) is 10.7 Å². The van der Waals surface area contributed by atoms with Crippen molar-refractivity contribution in [3.63, 3.8) is 0 Å². The van der Waals surface area contributed by atoms with Crippen molar-refractivity contribution < 1.29 is 14.3 Å². The molecule has 7 heteroatoms. The van der Waals surface area contributed by atoms with Gasteiger partial charge in [0, 0.05) is 10.7 Å². The van der Waals surface area contributed by atoms with Gasteiger partial charge in [0.15, 0.2) is 0 Å². The third-order valence-electron chi connectivity index (χ3n) is 2.95. The number of hydrogen-bond acceptors (Lipinski definition) is 4. The molecule has 0 aliphatic carbocycles. The lowest BCUT2D eigenvalue weighted by Gasteiger charge is -2.04. The Kier molecular flexibility index (Phi) is 6.33. The zero-order valence-corrected chi connectivity index (χ0v) is 13.7. The normalized spacial score (nSPS) is 10.4. The molecule has 0 atom stereocenters. The van der Waals surface area contributed by atoms with Crippen molar-refractivity contribution in [3.8, 4) is 5.75 Å². The van der Waals surface area contributed by atoms with Crippen molar-refractivity contribution in [2.75, 3.05) is 12.4 Å². The van der Waals surface area contributed by atoms with Gasteiger partial charge in [-0.1, -0.05) is 17.7 Å². The lowest BCUT2D eigenvalue weighted by Crippen LogP contribution is -2.24. The monoisotopic (exact) mass is 345 g/mol. The van der Waals surface area contributed by atoms with Gasteiger partial charge in [0.1, 0.15) is 12.2 Å². The molecular formula is C17H16ClN3O3. The molecule has 2 aromatic carbocycles. The van der Waals surface area contributed by atoms with Crippen LogP contribution < -0.4 is 15.5 Å². The van der Waals surface area contributed by atoms with E-state index in [2.05, 4.69) is 15.8 Å². The summed E-state index contributed by atoms with van der Waals surface area (Å²) in [5, 5.41) is 6.89. The second-order valence-electron chi connectivity index (χ2n) is 4.80. The first-order valence-corrected chi connectivity index (χ1v) is 7.46. The summed E-state index contributed by atoms with van der Waals surface area (Å²) in [6, 6.07) is 13.8. The summed E-state index contributed by atoms with van der Waals surface area (Å²) < 4.78 is 5.04. The zero-order chi connectivity index (χ0) is 17.4. The highest BCUT2D eigenvalue weighted by Gasteiger charge is 2.09. The summed E-state index contributed by atoms with van der Waals surface area (Å²) in [4.78, 5) is 23.4. The number of carbonyl (C=O) groups excluding carboxylic acids is 2. The topological polar surface area (TPSA) is 79.8 Å². The molecule has 2 aromatic rings. The molecule has 0 heterocycles. The van der Waals surface area contributed by atoms with Crippen LogP contribution in [0.1, 0.15) is 12.0 Å². The standard InChI is InChI=1S/C17H16ClN3O3/c1-24-15-7-5-12(6-8-15)11-19-21-17(23)10-16(22)20-14-4-2-3-13(18)9-14/h2-9,11H,10H2,1H3,(H,20,22)(H,21,23)/b19-11+. The Morgan fingerprint density at radius 1 is 1.17 bits per heavy atom. The Hall–Kier alpha value is -2.86. The number of rotatable bonds is 6. The number of anilines is 1. The SMILES string of the molecule is COc1ccc(/C=N/NC(=O)CC(=O)Nc2cccc(Cl)c2)cc1. The van der Waals surface area contributed by atoms with Crippen molar-refractivity contribution in [1.82, 2.24) is 5.43 Å². The molecule has 2 N–H and O–H groups in total. The number of hydrogen-bond donors (Lipinski definition) is 2. The first-order chi connectivity index (χ1) is 11.6. The average molecular weight is 346 g/mol. The molecule has 124 valence electrons. The molecule has 2 rings (SSSR count). The Morgan fingerprint density at radius 3 is 2.58 bits per heavy atom. The molecule has 0 saturated carbocycles. The van der Waals surface area contributed by atoms with Gasteiger partial charge in [0.25, 0.3) is 0 Å². The maximum absolute atomic E-state index is 11.8. The third kappa shape index (κ3) is 5.73. The predicted octanol–water partition coefficient (Wildman–Crippen LogP) is 2.83. The fourth-order valence-electron chi connectivity index (χ4n) is 1.83. The summed E-state index contributed by atoms with van der Waals surface area (Å²) >= 11 is 5.82. The number of ether oxygens (including phenoxy) is 1. The van der Waals surface area contributed by atoms with Crippen molar-refractivity contribution in [2.45, 2.75) is 6.42 Å². The fourth-order valence-corrected chi connectivity index (χ4v) is 2.02. The lowest BCUT2D eigenvalue weighted by atomic mass is 10.2. The molecule has 0 bridgehead atoms. The van der Waals surface area contributed by atoms with Gasteiger partial charge in [-0.05, 0) is 48.0 Å². The summed E-state index contributed by atoms with van der Waals surface area (Å²) in [7, 11) is 1.58. The zero-order valence-electron chi connectivity index (χ0n) is 13.0. The van der Waals surface area contributed by atoms with Crippen LogP contribution >= 0.6 is 11.6 Å². The molecule has 0 spiro atoms. The van der Waals surface area contributed by atoms with E-state index in [1.807, 2.05) is 0 Å². The highest BCUT2D eigenvalue weighted by molar-refractivity contribution is 6.30. The number of methoxy groups -OCH3 is 1. The highest BCUT2D eigenvalue weighted by Crippen LogP contribution is 2.15. The minimum absolute atomic E-state index is 0.341. The number of amides is 2. The summed E-state index contributed by atoms with van der Waals surface area (Å²) in [6.07, 6.45) is 1.14. The molecule has 2 amide bonds. The van der Waals surface area contributed by atoms with Crippen LogP contribution in [0.2, 0.25) is 5.02 Å². The number of carbonyl (C=O) groups is 2. The van der Waals surface area contributed by atoms with Crippen molar-refractivity contribution in [1.29, 1.82) is 0 Å².